The van der Waals surface area contributed by atoms with Gasteiger partial charge >= 0.3 is 0 Å². The molecular weight excluding hydrogens is 412 g/mol. The summed E-state index contributed by atoms with van der Waals surface area (Å²) in [5, 5.41) is 2.66. The van der Waals surface area contributed by atoms with Crippen LogP contribution in [0.25, 0.3) is 21.8 Å². The first-order chi connectivity index (χ1) is 15.0. The van der Waals surface area contributed by atoms with Crippen molar-refractivity contribution < 1.29 is 9.53 Å². The molecule has 0 radical (unpaired) electrons. The maximum Gasteiger partial charge on any atom is 0.270 e. The van der Waals surface area contributed by atoms with Gasteiger partial charge in [0.25, 0.3) is 5.91 Å². The van der Waals surface area contributed by atoms with Crippen LogP contribution < -0.4 is 9.64 Å². The van der Waals surface area contributed by atoms with Gasteiger partial charge in [0.05, 0.1) is 17.6 Å². The Hall–Kier alpha value is -3.25. The molecule has 4 aromatic rings. The number of hydrogen-bond donors (Lipinski definition) is 1. The number of aryl methyl sites for hydroxylation is 1. The topological polar surface area (TPSA) is 61.5 Å². The quantitative estimate of drug-likeness (QED) is 0.510. The van der Waals surface area contributed by atoms with Gasteiger partial charge in [-0.3, -0.25) is 4.79 Å². The first-order valence-electron chi connectivity index (χ1n) is 10.3. The van der Waals surface area contributed by atoms with E-state index in [4.69, 9.17) is 21.3 Å². The SMILES string of the molecule is COc1cccc2c(C)cc(N3CCN(C(=O)c4cc5cccc(Cl)c5[nH]4)CC3)nc12. The van der Waals surface area contributed by atoms with Crippen molar-refractivity contribution in [1.29, 1.82) is 0 Å². The number of rotatable bonds is 3. The smallest absolute Gasteiger partial charge is 0.270 e. The molecule has 0 atom stereocenters. The average molecular weight is 435 g/mol. The van der Waals surface area contributed by atoms with Gasteiger partial charge in [-0.05, 0) is 36.8 Å². The molecule has 1 aliphatic heterocycles. The molecule has 5 rings (SSSR count). The molecule has 0 bridgehead atoms. The summed E-state index contributed by atoms with van der Waals surface area (Å²) >= 11 is 6.24. The van der Waals surface area contributed by atoms with Crippen molar-refractivity contribution in [2.45, 2.75) is 6.92 Å². The lowest BCUT2D eigenvalue weighted by molar-refractivity contribution is 0.0741. The molecule has 0 unspecified atom stereocenters. The van der Waals surface area contributed by atoms with E-state index in [2.05, 4.69) is 28.9 Å². The Morgan fingerprint density at radius 3 is 2.61 bits per heavy atom. The van der Waals surface area contributed by atoms with Gasteiger partial charge in [0.1, 0.15) is 22.8 Å². The fraction of sp³-hybridized carbons (Fsp3) is 0.250. The van der Waals surface area contributed by atoms with Crippen LogP contribution in [0.3, 0.4) is 0 Å². The summed E-state index contributed by atoms with van der Waals surface area (Å²) in [4.78, 5) is 25.2. The second kappa shape index (κ2) is 7.78. The van der Waals surface area contributed by atoms with Crippen LogP contribution in [0.4, 0.5) is 5.82 Å². The van der Waals surface area contributed by atoms with E-state index in [-0.39, 0.29) is 5.91 Å². The van der Waals surface area contributed by atoms with Gasteiger partial charge in [0.2, 0.25) is 0 Å². The Morgan fingerprint density at radius 2 is 1.87 bits per heavy atom. The predicted molar refractivity (Wildman–Crippen MR) is 124 cm³/mol. The monoisotopic (exact) mass is 434 g/mol. The van der Waals surface area contributed by atoms with E-state index in [1.54, 1.807) is 7.11 Å². The number of methoxy groups -OCH3 is 1. The summed E-state index contributed by atoms with van der Waals surface area (Å²) in [7, 11) is 1.67. The van der Waals surface area contributed by atoms with Gasteiger partial charge in [0, 0.05) is 37.0 Å². The number of carbonyl (C=O) groups excluding carboxylic acids is 1. The van der Waals surface area contributed by atoms with Crippen LogP contribution in [-0.2, 0) is 0 Å². The molecule has 7 heteroatoms. The van der Waals surface area contributed by atoms with E-state index in [1.807, 2.05) is 41.3 Å². The normalized spacial score (nSPS) is 14.4. The number of amides is 1. The maximum atomic E-state index is 13.0. The molecule has 1 aliphatic rings. The summed E-state index contributed by atoms with van der Waals surface area (Å²) < 4.78 is 5.51. The van der Waals surface area contributed by atoms with Gasteiger partial charge in [-0.1, -0.05) is 35.9 Å². The minimum Gasteiger partial charge on any atom is -0.494 e. The maximum absolute atomic E-state index is 13.0. The van der Waals surface area contributed by atoms with Crippen LogP contribution in [0.1, 0.15) is 16.1 Å². The minimum absolute atomic E-state index is 0.00348. The first kappa shape index (κ1) is 19.7. The number of carbonyl (C=O) groups is 1. The molecule has 31 heavy (non-hydrogen) atoms. The van der Waals surface area contributed by atoms with E-state index in [0.29, 0.717) is 23.8 Å². The van der Waals surface area contributed by atoms with Crippen molar-refractivity contribution in [3.8, 4) is 5.75 Å². The molecule has 6 nitrogen and oxygen atoms in total. The molecule has 0 spiro atoms. The Morgan fingerprint density at radius 1 is 1.10 bits per heavy atom. The number of pyridine rings is 1. The van der Waals surface area contributed by atoms with Crippen LogP contribution in [0.5, 0.6) is 5.75 Å². The highest BCUT2D eigenvalue weighted by Gasteiger charge is 2.25. The molecule has 2 aromatic heterocycles. The highest BCUT2D eigenvalue weighted by atomic mass is 35.5. The lowest BCUT2D eigenvalue weighted by Crippen LogP contribution is -2.49. The van der Waals surface area contributed by atoms with Crippen LogP contribution in [-0.4, -0.2) is 54.1 Å². The zero-order valence-electron chi connectivity index (χ0n) is 17.5. The summed E-state index contributed by atoms with van der Waals surface area (Å²) in [6, 6.07) is 15.6. The third kappa shape index (κ3) is 3.47. The summed E-state index contributed by atoms with van der Waals surface area (Å²) in [5.41, 5.74) is 3.40. The van der Waals surface area contributed by atoms with Gasteiger partial charge < -0.3 is 19.5 Å². The highest BCUT2D eigenvalue weighted by Crippen LogP contribution is 2.30. The molecule has 158 valence electrons. The summed E-state index contributed by atoms with van der Waals surface area (Å²) in [5.74, 6) is 1.68. The molecule has 2 aromatic carbocycles. The van der Waals surface area contributed by atoms with E-state index < -0.39 is 0 Å². The van der Waals surface area contributed by atoms with Crippen molar-refractivity contribution in [1.82, 2.24) is 14.9 Å². The number of piperazine rings is 1. The first-order valence-corrected chi connectivity index (χ1v) is 10.7. The zero-order chi connectivity index (χ0) is 21.5. The van der Waals surface area contributed by atoms with Crippen LogP contribution in [0.2, 0.25) is 5.02 Å². The van der Waals surface area contributed by atoms with E-state index in [9.17, 15) is 4.79 Å². The lowest BCUT2D eigenvalue weighted by Gasteiger charge is -2.35. The van der Waals surface area contributed by atoms with Gasteiger partial charge in [-0.25, -0.2) is 4.98 Å². The number of H-pyrrole nitrogens is 1. The number of nitrogens with zero attached hydrogens (tertiary/aromatic N) is 3. The number of anilines is 1. The molecule has 1 fully saturated rings. The van der Waals surface area contributed by atoms with Crippen molar-refractivity contribution in [2.24, 2.45) is 0 Å². The largest absolute Gasteiger partial charge is 0.494 e. The van der Waals surface area contributed by atoms with Gasteiger partial charge in [-0.2, -0.15) is 0 Å². The third-order valence-corrected chi connectivity index (χ3v) is 6.26. The fourth-order valence-electron chi connectivity index (χ4n) is 4.24. The molecular formula is C24H23ClN4O2. The highest BCUT2D eigenvalue weighted by molar-refractivity contribution is 6.35. The number of ether oxygens (including phenoxy) is 1. The standard InChI is InChI=1S/C24H23ClN4O2/c1-15-13-21(27-23-17(15)6-4-8-20(23)31-2)28-9-11-29(12-10-28)24(30)19-14-16-5-3-7-18(25)22(16)26-19/h3-8,13-14,26H,9-12H2,1-2H3. The van der Waals surface area contributed by atoms with Crippen LogP contribution in [0.15, 0.2) is 48.5 Å². The van der Waals surface area contributed by atoms with Crippen LogP contribution >= 0.6 is 11.6 Å². The number of aromatic amines is 1. The van der Waals surface area contributed by atoms with E-state index in [0.717, 1.165) is 52.0 Å². The Balaban J connectivity index is 1.35. The van der Waals surface area contributed by atoms with E-state index in [1.165, 1.54) is 0 Å². The molecule has 0 saturated carbocycles. The number of nitrogens with one attached hydrogen (secondary N) is 1. The Bertz CT molecular complexity index is 1290. The second-order valence-electron chi connectivity index (χ2n) is 7.82. The summed E-state index contributed by atoms with van der Waals surface area (Å²) in [6.45, 7) is 4.80. The Labute approximate surface area is 185 Å². The number of halogens is 1. The molecule has 1 N–H and O–H groups in total. The number of fused-ring (bicyclic) bond motifs is 2. The van der Waals surface area contributed by atoms with Crippen molar-refractivity contribution in [2.75, 3.05) is 38.2 Å². The van der Waals surface area contributed by atoms with Crippen molar-refractivity contribution >= 4 is 45.1 Å². The van der Waals surface area contributed by atoms with E-state index >= 15 is 0 Å². The predicted octanol–water partition coefficient (Wildman–Crippen LogP) is 4.65. The Kier molecular flexibility index (Phi) is 4.94. The number of para-hydroxylation sites is 2. The third-order valence-electron chi connectivity index (χ3n) is 5.94. The fourth-order valence-corrected chi connectivity index (χ4v) is 4.47. The van der Waals surface area contributed by atoms with Gasteiger partial charge in [-0.15, -0.1) is 0 Å². The number of benzene rings is 2. The average Bonchev–Trinajstić information content (AvgIpc) is 3.24. The van der Waals surface area contributed by atoms with Crippen molar-refractivity contribution in [3.63, 3.8) is 0 Å². The number of aromatic nitrogens is 2. The molecule has 1 saturated heterocycles. The molecule has 3 heterocycles. The second-order valence-corrected chi connectivity index (χ2v) is 8.23. The lowest BCUT2D eigenvalue weighted by atomic mass is 10.1. The van der Waals surface area contributed by atoms with Crippen LogP contribution in [0, 0.1) is 6.92 Å². The summed E-state index contributed by atoms with van der Waals surface area (Å²) in [6.07, 6.45) is 0. The zero-order valence-corrected chi connectivity index (χ0v) is 18.2. The van der Waals surface area contributed by atoms with Crippen molar-refractivity contribution in [3.05, 3.63) is 64.8 Å². The number of hydrogen-bond acceptors (Lipinski definition) is 4. The van der Waals surface area contributed by atoms with Gasteiger partial charge in [0.15, 0.2) is 0 Å². The minimum atomic E-state index is -0.00348. The molecule has 0 aliphatic carbocycles. The molecule has 1 amide bonds.